The highest BCUT2D eigenvalue weighted by Crippen LogP contribution is 2.28. The van der Waals surface area contributed by atoms with E-state index in [0.717, 1.165) is 11.8 Å². The molecule has 1 nitrogen and oxygen atoms in total. The summed E-state index contributed by atoms with van der Waals surface area (Å²) in [6.45, 7) is 7.87. The molecule has 0 aliphatic carbocycles. The molecule has 16 heavy (non-hydrogen) atoms. The van der Waals surface area contributed by atoms with Gasteiger partial charge in [-0.25, -0.2) is 0 Å². The van der Waals surface area contributed by atoms with Crippen LogP contribution in [-0.2, 0) is 0 Å². The van der Waals surface area contributed by atoms with Crippen LogP contribution in [0, 0.1) is 13.8 Å². The standard InChI is InChI=1S/C14H21NS/c1-10-4-5-11(2)13(8-10)14-9-16-12(3)6-7-15-14/h4-5,8,12,14-15H,6-7,9H2,1-3H3. The third kappa shape index (κ3) is 2.80. The minimum absolute atomic E-state index is 0.537. The van der Waals surface area contributed by atoms with E-state index in [2.05, 4.69) is 56.0 Å². The first-order chi connectivity index (χ1) is 7.66. The molecule has 2 unspecified atom stereocenters. The Morgan fingerprint density at radius 3 is 2.94 bits per heavy atom. The van der Waals surface area contributed by atoms with Crippen LogP contribution in [0.3, 0.4) is 0 Å². The fourth-order valence-corrected chi connectivity index (χ4v) is 3.30. The Kier molecular flexibility index (Phi) is 3.93. The van der Waals surface area contributed by atoms with Crippen LogP contribution in [0.1, 0.15) is 36.1 Å². The second-order valence-corrected chi connectivity index (χ2v) is 6.27. The lowest BCUT2D eigenvalue weighted by atomic mass is 10.00. The maximum Gasteiger partial charge on any atom is 0.0414 e. The van der Waals surface area contributed by atoms with Gasteiger partial charge in [-0.05, 0) is 37.9 Å². The molecule has 2 heteroatoms. The number of rotatable bonds is 1. The van der Waals surface area contributed by atoms with E-state index in [9.17, 15) is 0 Å². The minimum Gasteiger partial charge on any atom is -0.309 e. The van der Waals surface area contributed by atoms with Crippen molar-refractivity contribution >= 4 is 11.8 Å². The summed E-state index contributed by atoms with van der Waals surface area (Å²) in [5, 5.41) is 4.47. The van der Waals surface area contributed by atoms with Crippen LogP contribution in [0.4, 0.5) is 0 Å². The average molecular weight is 235 g/mol. The molecule has 1 aromatic rings. The van der Waals surface area contributed by atoms with Crippen molar-refractivity contribution in [2.45, 2.75) is 38.5 Å². The van der Waals surface area contributed by atoms with Gasteiger partial charge in [0.25, 0.3) is 0 Å². The van der Waals surface area contributed by atoms with Crippen molar-refractivity contribution in [1.82, 2.24) is 5.32 Å². The third-order valence-electron chi connectivity index (χ3n) is 3.30. The number of aryl methyl sites for hydroxylation is 2. The van der Waals surface area contributed by atoms with Gasteiger partial charge in [0.1, 0.15) is 0 Å². The average Bonchev–Trinajstić information content (AvgIpc) is 2.47. The highest BCUT2D eigenvalue weighted by Gasteiger charge is 2.18. The van der Waals surface area contributed by atoms with Gasteiger partial charge in [-0.2, -0.15) is 11.8 Å². The second-order valence-electron chi connectivity index (χ2n) is 4.80. The molecule has 0 saturated carbocycles. The van der Waals surface area contributed by atoms with E-state index in [1.807, 2.05) is 0 Å². The lowest BCUT2D eigenvalue weighted by Crippen LogP contribution is -2.23. The normalized spacial score (nSPS) is 26.4. The number of benzene rings is 1. The maximum absolute atomic E-state index is 3.68. The van der Waals surface area contributed by atoms with Gasteiger partial charge in [-0.1, -0.05) is 30.7 Å². The molecule has 0 aromatic heterocycles. The molecule has 0 spiro atoms. The van der Waals surface area contributed by atoms with Gasteiger partial charge in [0.2, 0.25) is 0 Å². The van der Waals surface area contributed by atoms with Gasteiger partial charge in [0.15, 0.2) is 0 Å². The summed E-state index contributed by atoms with van der Waals surface area (Å²) < 4.78 is 0. The molecule has 1 saturated heterocycles. The molecule has 0 amide bonds. The lowest BCUT2D eigenvalue weighted by Gasteiger charge is -2.18. The van der Waals surface area contributed by atoms with Crippen LogP contribution in [0.15, 0.2) is 18.2 Å². The Labute approximate surface area is 103 Å². The smallest absolute Gasteiger partial charge is 0.0414 e. The molecular formula is C14H21NS. The molecule has 0 bridgehead atoms. The number of hydrogen-bond donors (Lipinski definition) is 1. The highest BCUT2D eigenvalue weighted by molar-refractivity contribution is 7.99. The van der Waals surface area contributed by atoms with Gasteiger partial charge in [0.05, 0.1) is 0 Å². The summed E-state index contributed by atoms with van der Waals surface area (Å²) in [6, 6.07) is 7.31. The maximum atomic E-state index is 3.68. The molecule has 88 valence electrons. The van der Waals surface area contributed by atoms with Crippen molar-refractivity contribution in [3.63, 3.8) is 0 Å². The molecular weight excluding hydrogens is 214 g/mol. The van der Waals surface area contributed by atoms with E-state index in [4.69, 9.17) is 0 Å². The van der Waals surface area contributed by atoms with Crippen LogP contribution in [0.2, 0.25) is 0 Å². The van der Waals surface area contributed by atoms with Gasteiger partial charge >= 0.3 is 0 Å². The fourth-order valence-electron chi connectivity index (χ4n) is 2.20. The molecule has 1 heterocycles. The third-order valence-corrected chi connectivity index (χ3v) is 4.63. The van der Waals surface area contributed by atoms with Crippen molar-refractivity contribution in [3.05, 3.63) is 34.9 Å². The predicted octanol–water partition coefficient (Wildman–Crippen LogP) is 3.46. The zero-order valence-corrected chi connectivity index (χ0v) is 11.2. The van der Waals surface area contributed by atoms with Crippen molar-refractivity contribution in [2.24, 2.45) is 0 Å². The van der Waals surface area contributed by atoms with Gasteiger partial charge in [-0.3, -0.25) is 0 Å². The van der Waals surface area contributed by atoms with E-state index >= 15 is 0 Å². The van der Waals surface area contributed by atoms with E-state index in [1.54, 1.807) is 0 Å². The first-order valence-corrected chi connectivity index (χ1v) is 7.14. The number of hydrogen-bond acceptors (Lipinski definition) is 2. The molecule has 1 N–H and O–H groups in total. The lowest BCUT2D eigenvalue weighted by molar-refractivity contribution is 0.576. The number of nitrogens with one attached hydrogen (secondary N) is 1. The quantitative estimate of drug-likeness (QED) is 0.800. The number of thioether (sulfide) groups is 1. The summed E-state index contributed by atoms with van der Waals surface area (Å²) >= 11 is 2.09. The van der Waals surface area contributed by atoms with Crippen LogP contribution < -0.4 is 5.32 Å². The Balaban J connectivity index is 2.19. The summed E-state index contributed by atoms with van der Waals surface area (Å²) in [6.07, 6.45) is 1.28. The van der Waals surface area contributed by atoms with Crippen LogP contribution >= 0.6 is 11.8 Å². The van der Waals surface area contributed by atoms with Crippen molar-refractivity contribution in [1.29, 1.82) is 0 Å². The van der Waals surface area contributed by atoms with Crippen LogP contribution in [-0.4, -0.2) is 17.5 Å². The molecule has 2 rings (SSSR count). The van der Waals surface area contributed by atoms with E-state index in [1.165, 1.54) is 28.9 Å². The molecule has 2 atom stereocenters. The summed E-state index contributed by atoms with van der Waals surface area (Å²) in [7, 11) is 0. The van der Waals surface area contributed by atoms with E-state index in [-0.39, 0.29) is 0 Å². The monoisotopic (exact) mass is 235 g/mol. The second kappa shape index (κ2) is 5.24. The minimum atomic E-state index is 0.537. The van der Waals surface area contributed by atoms with E-state index < -0.39 is 0 Å². The van der Waals surface area contributed by atoms with Gasteiger partial charge < -0.3 is 5.32 Å². The Morgan fingerprint density at radius 1 is 1.31 bits per heavy atom. The highest BCUT2D eigenvalue weighted by atomic mass is 32.2. The zero-order chi connectivity index (χ0) is 11.5. The molecule has 1 fully saturated rings. The Bertz CT molecular complexity index is 362. The topological polar surface area (TPSA) is 12.0 Å². The zero-order valence-electron chi connectivity index (χ0n) is 10.4. The van der Waals surface area contributed by atoms with Crippen molar-refractivity contribution < 1.29 is 0 Å². The fraction of sp³-hybridized carbons (Fsp3) is 0.571. The van der Waals surface area contributed by atoms with Gasteiger partial charge in [-0.15, -0.1) is 0 Å². The van der Waals surface area contributed by atoms with Gasteiger partial charge in [0, 0.05) is 17.0 Å². The predicted molar refractivity (Wildman–Crippen MR) is 73.2 cm³/mol. The summed E-state index contributed by atoms with van der Waals surface area (Å²) in [4.78, 5) is 0. The summed E-state index contributed by atoms with van der Waals surface area (Å²) in [5.74, 6) is 1.20. The Hall–Kier alpha value is -0.470. The molecule has 0 radical (unpaired) electrons. The summed E-state index contributed by atoms with van der Waals surface area (Å²) in [5.41, 5.74) is 4.27. The first-order valence-electron chi connectivity index (χ1n) is 6.09. The van der Waals surface area contributed by atoms with Crippen molar-refractivity contribution in [3.8, 4) is 0 Å². The molecule has 1 aliphatic rings. The molecule has 1 aliphatic heterocycles. The Morgan fingerprint density at radius 2 is 2.12 bits per heavy atom. The van der Waals surface area contributed by atoms with Crippen LogP contribution in [0.5, 0.6) is 0 Å². The molecule has 1 aromatic carbocycles. The largest absolute Gasteiger partial charge is 0.309 e. The SMILES string of the molecule is Cc1ccc(C)c(C2CSC(C)CCN2)c1. The van der Waals surface area contributed by atoms with Crippen LogP contribution in [0.25, 0.3) is 0 Å². The van der Waals surface area contributed by atoms with Crippen molar-refractivity contribution in [2.75, 3.05) is 12.3 Å². The first kappa shape index (κ1) is 12.0. The van der Waals surface area contributed by atoms with E-state index in [0.29, 0.717) is 6.04 Å².